The summed E-state index contributed by atoms with van der Waals surface area (Å²) in [5, 5.41) is 10.3. The Bertz CT molecular complexity index is 1050. The second-order valence-electron chi connectivity index (χ2n) is 7.98. The number of hydrogen-bond acceptors (Lipinski definition) is 4. The molecule has 4 rings (SSSR count). The van der Waals surface area contributed by atoms with Gasteiger partial charge in [-0.25, -0.2) is 0 Å². The number of benzene rings is 2. The first kappa shape index (κ1) is 22.0. The Morgan fingerprint density at radius 2 is 1.91 bits per heavy atom. The molecule has 0 aliphatic carbocycles. The van der Waals surface area contributed by atoms with Gasteiger partial charge in [-0.05, 0) is 56.0 Å². The predicted molar refractivity (Wildman–Crippen MR) is 113 cm³/mol. The largest absolute Gasteiger partial charge is 0.418 e. The van der Waals surface area contributed by atoms with Crippen molar-refractivity contribution in [1.82, 2.24) is 4.90 Å². The molecule has 6 nitrogen and oxygen atoms in total. The van der Waals surface area contributed by atoms with Gasteiger partial charge in [-0.1, -0.05) is 19.1 Å². The highest BCUT2D eigenvalue weighted by Crippen LogP contribution is 2.43. The van der Waals surface area contributed by atoms with Gasteiger partial charge >= 0.3 is 6.18 Å². The SMILES string of the molecule is CC[C@H]1CCCCN1C(=O)c1ccc(N=N[C@@H]2C(=O)Nc3c2cccc3C(F)(F)F)cc1. The van der Waals surface area contributed by atoms with E-state index in [1.54, 1.807) is 24.3 Å². The predicted octanol–water partition coefficient (Wildman–Crippen LogP) is 5.89. The molecule has 0 aromatic heterocycles. The van der Waals surface area contributed by atoms with Crippen LogP contribution in [0, 0.1) is 0 Å². The van der Waals surface area contributed by atoms with Crippen LogP contribution in [0.2, 0.25) is 0 Å². The molecule has 2 amide bonds. The van der Waals surface area contributed by atoms with E-state index in [0.29, 0.717) is 11.3 Å². The first-order chi connectivity index (χ1) is 15.3. The second-order valence-corrected chi connectivity index (χ2v) is 7.98. The number of carbonyl (C=O) groups is 2. The molecule has 0 bridgehead atoms. The molecule has 9 heteroatoms. The van der Waals surface area contributed by atoms with Gasteiger partial charge in [-0.3, -0.25) is 9.59 Å². The lowest BCUT2D eigenvalue weighted by Crippen LogP contribution is -2.43. The molecule has 1 fully saturated rings. The van der Waals surface area contributed by atoms with E-state index < -0.39 is 23.7 Å². The lowest BCUT2D eigenvalue weighted by molar-refractivity contribution is -0.136. The molecule has 168 valence electrons. The fraction of sp³-hybridized carbons (Fsp3) is 0.391. The van der Waals surface area contributed by atoms with Crippen LogP contribution in [0.3, 0.4) is 0 Å². The number of likely N-dealkylation sites (tertiary alicyclic amines) is 1. The molecule has 2 aliphatic rings. The van der Waals surface area contributed by atoms with E-state index in [1.807, 2.05) is 4.90 Å². The Morgan fingerprint density at radius 3 is 2.59 bits per heavy atom. The van der Waals surface area contributed by atoms with Crippen LogP contribution in [-0.2, 0) is 11.0 Å². The summed E-state index contributed by atoms with van der Waals surface area (Å²) in [6.07, 6.45) is -0.536. The monoisotopic (exact) mass is 444 g/mol. The summed E-state index contributed by atoms with van der Waals surface area (Å²) >= 11 is 0. The van der Waals surface area contributed by atoms with Crippen LogP contribution < -0.4 is 5.32 Å². The maximum absolute atomic E-state index is 13.2. The Labute approximate surface area is 183 Å². The smallest absolute Gasteiger partial charge is 0.336 e. The van der Waals surface area contributed by atoms with Gasteiger partial charge in [-0.2, -0.15) is 23.4 Å². The third-order valence-electron chi connectivity index (χ3n) is 5.96. The molecule has 1 N–H and O–H groups in total. The molecular weight excluding hydrogens is 421 g/mol. The minimum atomic E-state index is -4.59. The summed E-state index contributed by atoms with van der Waals surface area (Å²) in [5.74, 6) is -0.688. The lowest BCUT2D eigenvalue weighted by Gasteiger charge is -2.35. The molecule has 2 aliphatic heterocycles. The average molecular weight is 444 g/mol. The van der Waals surface area contributed by atoms with Crippen molar-refractivity contribution in [1.29, 1.82) is 0 Å². The van der Waals surface area contributed by atoms with Crippen LogP contribution in [-0.4, -0.2) is 29.3 Å². The second kappa shape index (κ2) is 8.72. The van der Waals surface area contributed by atoms with Crippen LogP contribution in [0.1, 0.15) is 60.1 Å². The first-order valence-electron chi connectivity index (χ1n) is 10.6. The molecular formula is C23H23F3N4O2. The standard InChI is InChI=1S/C23H23F3N4O2/c1-2-16-6-3-4-13-30(16)22(32)14-9-11-15(12-10-14)28-29-20-17-7-5-8-18(23(24,25)26)19(17)27-21(20)31/h5,7-12,16,20H,2-4,6,13H2,1H3,(H,27,31)/t16-,20-/m0/s1. The number of anilines is 1. The van der Waals surface area contributed by atoms with E-state index in [9.17, 15) is 22.8 Å². The lowest BCUT2D eigenvalue weighted by atomic mass is 9.99. The maximum atomic E-state index is 13.2. The highest BCUT2D eigenvalue weighted by atomic mass is 19.4. The van der Waals surface area contributed by atoms with E-state index in [1.165, 1.54) is 12.1 Å². The summed E-state index contributed by atoms with van der Waals surface area (Å²) in [4.78, 5) is 27.0. The average Bonchev–Trinajstić information content (AvgIpc) is 3.11. The minimum Gasteiger partial charge on any atom is -0.336 e. The molecule has 0 unspecified atom stereocenters. The number of amides is 2. The summed E-state index contributed by atoms with van der Waals surface area (Å²) in [6, 6.07) is 9.21. The zero-order chi connectivity index (χ0) is 22.9. The number of halogens is 3. The van der Waals surface area contributed by atoms with E-state index in [-0.39, 0.29) is 23.2 Å². The summed E-state index contributed by atoms with van der Waals surface area (Å²) < 4.78 is 39.6. The molecule has 1 saturated heterocycles. The van der Waals surface area contributed by atoms with Crippen LogP contribution >= 0.6 is 0 Å². The van der Waals surface area contributed by atoms with Crippen LogP contribution in [0.4, 0.5) is 24.5 Å². The van der Waals surface area contributed by atoms with Crippen LogP contribution in [0.15, 0.2) is 52.7 Å². The topological polar surface area (TPSA) is 74.1 Å². The van der Waals surface area contributed by atoms with E-state index in [2.05, 4.69) is 22.5 Å². The number of alkyl halides is 3. The summed E-state index contributed by atoms with van der Waals surface area (Å²) in [5.41, 5.74) is -0.103. The summed E-state index contributed by atoms with van der Waals surface area (Å²) in [7, 11) is 0. The van der Waals surface area contributed by atoms with Gasteiger partial charge in [0.2, 0.25) is 0 Å². The number of carbonyl (C=O) groups excluding carboxylic acids is 2. The third-order valence-corrected chi connectivity index (χ3v) is 5.96. The number of nitrogens with zero attached hydrogens (tertiary/aromatic N) is 3. The van der Waals surface area contributed by atoms with E-state index in [0.717, 1.165) is 38.3 Å². The Balaban J connectivity index is 1.51. The first-order valence-corrected chi connectivity index (χ1v) is 10.6. The third kappa shape index (κ3) is 4.24. The molecule has 2 aromatic rings. The van der Waals surface area contributed by atoms with Gasteiger partial charge in [0.1, 0.15) is 0 Å². The zero-order valence-electron chi connectivity index (χ0n) is 17.5. The number of piperidine rings is 1. The maximum Gasteiger partial charge on any atom is 0.418 e. The minimum absolute atomic E-state index is 0.0242. The number of nitrogens with one attached hydrogen (secondary N) is 1. The Morgan fingerprint density at radius 1 is 1.16 bits per heavy atom. The van der Waals surface area contributed by atoms with Crippen LogP contribution in [0.5, 0.6) is 0 Å². The molecule has 32 heavy (non-hydrogen) atoms. The van der Waals surface area contributed by atoms with Gasteiger partial charge in [0.05, 0.1) is 16.9 Å². The highest BCUT2D eigenvalue weighted by Gasteiger charge is 2.40. The van der Waals surface area contributed by atoms with Crippen molar-refractivity contribution in [3.8, 4) is 0 Å². The van der Waals surface area contributed by atoms with E-state index in [4.69, 9.17) is 0 Å². The van der Waals surface area contributed by atoms with Crippen LogP contribution in [0.25, 0.3) is 0 Å². The molecule has 2 atom stereocenters. The van der Waals surface area contributed by atoms with Gasteiger partial charge in [0, 0.05) is 23.7 Å². The van der Waals surface area contributed by atoms with Crippen molar-refractivity contribution >= 4 is 23.2 Å². The number of rotatable bonds is 4. The fourth-order valence-corrected chi connectivity index (χ4v) is 4.27. The van der Waals surface area contributed by atoms with Crippen molar-refractivity contribution in [3.05, 3.63) is 59.2 Å². The van der Waals surface area contributed by atoms with Gasteiger partial charge in [0.15, 0.2) is 6.04 Å². The van der Waals surface area contributed by atoms with E-state index >= 15 is 0 Å². The molecule has 0 spiro atoms. The number of hydrogen-bond donors (Lipinski definition) is 1. The van der Waals surface area contributed by atoms with Gasteiger partial charge in [0.25, 0.3) is 11.8 Å². The van der Waals surface area contributed by atoms with Gasteiger partial charge in [-0.15, -0.1) is 0 Å². The quantitative estimate of drug-likeness (QED) is 0.598. The van der Waals surface area contributed by atoms with Crippen molar-refractivity contribution in [2.45, 2.75) is 50.9 Å². The number of azo groups is 1. The molecule has 2 aromatic carbocycles. The molecule has 0 saturated carbocycles. The molecule has 0 radical (unpaired) electrons. The zero-order valence-corrected chi connectivity index (χ0v) is 17.5. The Hall–Kier alpha value is -3.23. The molecule has 2 heterocycles. The Kier molecular flexibility index (Phi) is 5.99. The normalized spacial score (nSPS) is 21.0. The highest BCUT2D eigenvalue weighted by molar-refractivity contribution is 6.03. The number of fused-ring (bicyclic) bond motifs is 1. The van der Waals surface area contributed by atoms with Gasteiger partial charge < -0.3 is 10.2 Å². The van der Waals surface area contributed by atoms with Crippen molar-refractivity contribution in [2.24, 2.45) is 10.2 Å². The number of para-hydroxylation sites is 1. The van der Waals surface area contributed by atoms with Crippen molar-refractivity contribution < 1.29 is 22.8 Å². The van der Waals surface area contributed by atoms with Crippen molar-refractivity contribution in [2.75, 3.05) is 11.9 Å². The fourth-order valence-electron chi connectivity index (χ4n) is 4.27. The van der Waals surface area contributed by atoms with Crippen molar-refractivity contribution in [3.63, 3.8) is 0 Å². The summed E-state index contributed by atoms with van der Waals surface area (Å²) in [6.45, 7) is 2.82.